The van der Waals surface area contributed by atoms with Gasteiger partial charge in [-0.25, -0.2) is 0 Å². The molecule has 2 saturated carbocycles. The first-order valence-electron chi connectivity index (χ1n) is 10.4. The van der Waals surface area contributed by atoms with Gasteiger partial charge in [0.2, 0.25) is 0 Å². The van der Waals surface area contributed by atoms with Crippen molar-refractivity contribution in [1.82, 2.24) is 0 Å². The fraction of sp³-hybridized carbons (Fsp3) is 0.739. The molecule has 26 heavy (non-hydrogen) atoms. The summed E-state index contributed by atoms with van der Waals surface area (Å²) in [6.45, 7) is 4.64. The molecule has 2 aliphatic carbocycles. The third-order valence-corrected chi connectivity index (χ3v) is 6.17. The largest absolute Gasteiger partial charge is 0.392 e. The van der Waals surface area contributed by atoms with Crippen LogP contribution in [0, 0.1) is 35.5 Å². The molecule has 0 aromatic heterocycles. The molecule has 0 amide bonds. The number of unbranched alkanes of at least 4 members (excludes halogenated alkanes) is 3. The molecule has 6 atom stereocenters. The molecule has 0 heterocycles. The van der Waals surface area contributed by atoms with Gasteiger partial charge in [-0.3, -0.25) is 0 Å². The van der Waals surface area contributed by atoms with E-state index < -0.39 is 6.10 Å². The Morgan fingerprint density at radius 3 is 2.81 bits per heavy atom. The molecule has 0 bridgehead atoms. The summed E-state index contributed by atoms with van der Waals surface area (Å²) in [4.78, 5) is 0. The summed E-state index contributed by atoms with van der Waals surface area (Å²) in [5.74, 6) is 7.37. The summed E-state index contributed by atoms with van der Waals surface area (Å²) in [6.07, 6.45) is 14.3. The Bertz CT molecular complexity index is 542. The number of aliphatic hydroxyl groups is 2. The van der Waals surface area contributed by atoms with E-state index in [1.807, 2.05) is 19.9 Å². The van der Waals surface area contributed by atoms with Gasteiger partial charge in [0, 0.05) is 12.3 Å². The summed E-state index contributed by atoms with van der Waals surface area (Å²) >= 11 is 0. The van der Waals surface area contributed by atoms with Crippen molar-refractivity contribution in [1.29, 1.82) is 0 Å². The number of allylic oxidation sites excluding steroid dienone is 2. The van der Waals surface area contributed by atoms with Gasteiger partial charge >= 0.3 is 0 Å². The second-order valence-electron chi connectivity index (χ2n) is 8.20. The van der Waals surface area contributed by atoms with E-state index >= 15 is 0 Å². The van der Waals surface area contributed by atoms with Gasteiger partial charge in [0.1, 0.15) is 0 Å². The van der Waals surface area contributed by atoms with Gasteiger partial charge in [0.15, 0.2) is 0 Å². The Balaban J connectivity index is 1.87. The van der Waals surface area contributed by atoms with Crippen molar-refractivity contribution in [3.63, 3.8) is 0 Å². The third-order valence-electron chi connectivity index (χ3n) is 6.17. The van der Waals surface area contributed by atoms with E-state index in [1.165, 1.54) is 12.8 Å². The maximum absolute atomic E-state index is 10.5. The highest BCUT2D eigenvalue weighted by atomic mass is 16.3. The monoisotopic (exact) mass is 359 g/mol. The van der Waals surface area contributed by atoms with E-state index in [-0.39, 0.29) is 17.9 Å². The van der Waals surface area contributed by atoms with Crippen molar-refractivity contribution >= 4 is 0 Å². The van der Waals surface area contributed by atoms with Gasteiger partial charge in [0.25, 0.3) is 0 Å². The van der Waals surface area contributed by atoms with Crippen LogP contribution in [-0.2, 0) is 0 Å². The molecular formula is C23H37NO2. The average molecular weight is 360 g/mol. The standard InChI is InChI=1S/C23H37NO2/c1-3-4-9-17(2)22(25)12-11-20-21-15-18(10-7-5-6-8-13-24)14-19(21)16-23(20)26/h10-12,17,19-23,25-26H,5-9,13-16,24H2,1-2H3/t17-,19-,20+,21-,22+,23+/m0/s1. The second kappa shape index (κ2) is 10.9. The molecule has 4 N–H and O–H groups in total. The fourth-order valence-corrected chi connectivity index (χ4v) is 4.53. The summed E-state index contributed by atoms with van der Waals surface area (Å²) in [7, 11) is 0. The van der Waals surface area contributed by atoms with E-state index in [0.29, 0.717) is 18.3 Å². The minimum Gasteiger partial charge on any atom is -0.392 e. The second-order valence-corrected chi connectivity index (χ2v) is 8.20. The Morgan fingerprint density at radius 1 is 1.27 bits per heavy atom. The first-order chi connectivity index (χ1) is 12.6. The molecule has 2 rings (SSSR count). The minimum atomic E-state index is -0.485. The van der Waals surface area contributed by atoms with Gasteiger partial charge < -0.3 is 15.9 Å². The maximum Gasteiger partial charge on any atom is 0.0755 e. The molecule has 0 radical (unpaired) electrons. The Kier molecular flexibility index (Phi) is 8.91. The number of hydrogen-bond donors (Lipinski definition) is 3. The lowest BCUT2D eigenvalue weighted by atomic mass is 9.89. The summed E-state index contributed by atoms with van der Waals surface area (Å²) in [5, 5.41) is 20.8. The van der Waals surface area contributed by atoms with E-state index in [0.717, 1.165) is 38.6 Å². The topological polar surface area (TPSA) is 66.5 Å². The predicted molar refractivity (Wildman–Crippen MR) is 108 cm³/mol. The van der Waals surface area contributed by atoms with E-state index in [1.54, 1.807) is 5.57 Å². The maximum atomic E-state index is 10.5. The number of aliphatic hydroxyl groups excluding tert-OH is 2. The molecule has 146 valence electrons. The predicted octanol–water partition coefficient (Wildman–Crippen LogP) is 3.81. The summed E-state index contributed by atoms with van der Waals surface area (Å²) in [5.41, 5.74) is 7.12. The van der Waals surface area contributed by atoms with Crippen LogP contribution >= 0.6 is 0 Å². The van der Waals surface area contributed by atoms with Crippen LogP contribution in [0.5, 0.6) is 0 Å². The molecule has 0 spiro atoms. The number of fused-ring (bicyclic) bond motifs is 1. The van der Waals surface area contributed by atoms with Crippen molar-refractivity contribution in [2.24, 2.45) is 29.4 Å². The highest BCUT2D eigenvalue weighted by Gasteiger charge is 2.44. The van der Waals surface area contributed by atoms with Gasteiger partial charge in [0.05, 0.1) is 12.2 Å². The molecule has 0 aliphatic heterocycles. The first kappa shape index (κ1) is 21.2. The normalized spacial score (nSPS) is 31.8. The molecular weight excluding hydrogens is 322 g/mol. The summed E-state index contributed by atoms with van der Waals surface area (Å²) < 4.78 is 0. The Labute approximate surface area is 159 Å². The SMILES string of the molecule is CC#CC[C@H](C)[C@H](O)C=C[C@@H]1[C@H]2CC(=CCCCCCN)C[C@H]2C[C@H]1O. The summed E-state index contributed by atoms with van der Waals surface area (Å²) in [6, 6.07) is 0. The van der Waals surface area contributed by atoms with Gasteiger partial charge in [-0.1, -0.05) is 37.1 Å². The van der Waals surface area contributed by atoms with Crippen molar-refractivity contribution in [3.8, 4) is 11.8 Å². The molecule has 0 saturated heterocycles. The molecule has 2 aliphatic rings. The zero-order chi connectivity index (χ0) is 18.9. The molecule has 0 aromatic carbocycles. The quantitative estimate of drug-likeness (QED) is 0.333. The van der Waals surface area contributed by atoms with Crippen LogP contribution in [0.3, 0.4) is 0 Å². The smallest absolute Gasteiger partial charge is 0.0755 e. The molecule has 3 nitrogen and oxygen atoms in total. The van der Waals surface area contributed by atoms with Gasteiger partial charge in [-0.2, -0.15) is 0 Å². The Morgan fingerprint density at radius 2 is 2.08 bits per heavy atom. The zero-order valence-corrected chi connectivity index (χ0v) is 16.5. The van der Waals surface area contributed by atoms with Crippen LogP contribution in [0.25, 0.3) is 0 Å². The first-order valence-corrected chi connectivity index (χ1v) is 10.4. The fourth-order valence-electron chi connectivity index (χ4n) is 4.53. The van der Waals surface area contributed by atoms with Crippen molar-refractivity contribution in [2.75, 3.05) is 6.54 Å². The highest BCUT2D eigenvalue weighted by Crippen LogP contribution is 2.50. The number of nitrogens with two attached hydrogens (primary N) is 1. The highest BCUT2D eigenvalue weighted by molar-refractivity contribution is 5.18. The zero-order valence-electron chi connectivity index (χ0n) is 16.5. The number of rotatable bonds is 9. The minimum absolute atomic E-state index is 0.126. The lowest BCUT2D eigenvalue weighted by molar-refractivity contribution is 0.137. The van der Waals surface area contributed by atoms with Crippen molar-refractivity contribution in [2.45, 2.75) is 77.4 Å². The van der Waals surface area contributed by atoms with Crippen LogP contribution in [0.1, 0.15) is 65.2 Å². The molecule has 0 unspecified atom stereocenters. The van der Waals surface area contributed by atoms with Crippen LogP contribution in [0.2, 0.25) is 0 Å². The molecule has 2 fully saturated rings. The van der Waals surface area contributed by atoms with E-state index in [9.17, 15) is 10.2 Å². The van der Waals surface area contributed by atoms with Gasteiger partial charge in [-0.05, 0) is 69.7 Å². The average Bonchev–Trinajstić information content (AvgIpc) is 3.13. The third kappa shape index (κ3) is 5.98. The van der Waals surface area contributed by atoms with Crippen molar-refractivity contribution in [3.05, 3.63) is 23.8 Å². The van der Waals surface area contributed by atoms with Crippen molar-refractivity contribution < 1.29 is 10.2 Å². The lowest BCUT2D eigenvalue weighted by Gasteiger charge is -2.19. The Hall–Kier alpha value is -1.08. The van der Waals surface area contributed by atoms with Crippen LogP contribution < -0.4 is 5.73 Å². The van der Waals surface area contributed by atoms with Crippen LogP contribution in [-0.4, -0.2) is 29.0 Å². The van der Waals surface area contributed by atoms with Gasteiger partial charge in [-0.15, -0.1) is 11.8 Å². The van der Waals surface area contributed by atoms with Crippen LogP contribution in [0.15, 0.2) is 23.8 Å². The molecule has 3 heteroatoms. The van der Waals surface area contributed by atoms with E-state index in [4.69, 9.17) is 5.73 Å². The van der Waals surface area contributed by atoms with Crippen LogP contribution in [0.4, 0.5) is 0 Å². The lowest BCUT2D eigenvalue weighted by Crippen LogP contribution is -2.19. The van der Waals surface area contributed by atoms with E-state index in [2.05, 4.69) is 24.0 Å². The number of hydrogen-bond acceptors (Lipinski definition) is 3. The molecule has 0 aromatic rings.